The van der Waals surface area contributed by atoms with Gasteiger partial charge in [-0.25, -0.2) is 0 Å². The van der Waals surface area contributed by atoms with E-state index in [1.54, 1.807) is 0 Å². The average molecular weight is 184 g/mol. The third kappa shape index (κ3) is 4.10. The van der Waals surface area contributed by atoms with E-state index in [1.807, 2.05) is 0 Å². The highest BCUT2D eigenvalue weighted by molar-refractivity contribution is 4.83. The zero-order valence-corrected chi connectivity index (χ0v) is 9.56. The Hall–Kier alpha value is -0.0800. The van der Waals surface area contributed by atoms with Gasteiger partial charge in [-0.05, 0) is 46.7 Å². The van der Waals surface area contributed by atoms with Crippen LogP contribution in [-0.2, 0) is 0 Å². The third-order valence-electron chi connectivity index (χ3n) is 2.59. The number of likely N-dealkylation sites (tertiary alicyclic amines) is 1. The van der Waals surface area contributed by atoms with Gasteiger partial charge in [0.2, 0.25) is 0 Å². The molecule has 0 bridgehead atoms. The van der Waals surface area contributed by atoms with Crippen molar-refractivity contribution in [1.82, 2.24) is 10.2 Å². The SMILES string of the molecule is CCN1CCCC(NC(C)(C)C)C1. The summed E-state index contributed by atoms with van der Waals surface area (Å²) < 4.78 is 0. The molecule has 0 spiro atoms. The van der Waals surface area contributed by atoms with Crippen LogP contribution in [0.25, 0.3) is 0 Å². The van der Waals surface area contributed by atoms with Crippen LogP contribution in [0.15, 0.2) is 0 Å². The van der Waals surface area contributed by atoms with Crippen LogP contribution >= 0.6 is 0 Å². The first kappa shape index (κ1) is 11.0. The minimum atomic E-state index is 0.265. The van der Waals surface area contributed by atoms with Crippen LogP contribution in [0.3, 0.4) is 0 Å². The zero-order valence-electron chi connectivity index (χ0n) is 9.56. The van der Waals surface area contributed by atoms with Crippen molar-refractivity contribution in [1.29, 1.82) is 0 Å². The molecule has 1 saturated heterocycles. The molecule has 78 valence electrons. The van der Waals surface area contributed by atoms with Gasteiger partial charge >= 0.3 is 0 Å². The van der Waals surface area contributed by atoms with Crippen molar-refractivity contribution < 1.29 is 0 Å². The summed E-state index contributed by atoms with van der Waals surface area (Å²) >= 11 is 0. The van der Waals surface area contributed by atoms with Crippen molar-refractivity contribution in [2.45, 2.75) is 52.1 Å². The van der Waals surface area contributed by atoms with E-state index in [9.17, 15) is 0 Å². The number of likely N-dealkylation sites (N-methyl/N-ethyl adjacent to an activating group) is 1. The molecule has 2 heteroatoms. The van der Waals surface area contributed by atoms with Crippen LogP contribution in [0.5, 0.6) is 0 Å². The van der Waals surface area contributed by atoms with Crippen LogP contribution in [0.4, 0.5) is 0 Å². The average Bonchev–Trinajstić information content (AvgIpc) is 2.01. The molecule has 1 unspecified atom stereocenters. The van der Waals surface area contributed by atoms with Crippen LogP contribution in [0.2, 0.25) is 0 Å². The number of rotatable bonds is 2. The van der Waals surface area contributed by atoms with Gasteiger partial charge in [-0.2, -0.15) is 0 Å². The fourth-order valence-electron chi connectivity index (χ4n) is 2.07. The molecule has 2 nitrogen and oxygen atoms in total. The van der Waals surface area contributed by atoms with Crippen molar-refractivity contribution in [2.75, 3.05) is 19.6 Å². The molecule has 0 aromatic carbocycles. The monoisotopic (exact) mass is 184 g/mol. The maximum absolute atomic E-state index is 3.68. The Labute approximate surface area is 82.7 Å². The van der Waals surface area contributed by atoms with Crippen molar-refractivity contribution in [2.24, 2.45) is 0 Å². The van der Waals surface area contributed by atoms with E-state index in [1.165, 1.54) is 32.5 Å². The number of hydrogen-bond acceptors (Lipinski definition) is 2. The highest BCUT2D eigenvalue weighted by Crippen LogP contribution is 2.12. The van der Waals surface area contributed by atoms with Crippen molar-refractivity contribution >= 4 is 0 Å². The quantitative estimate of drug-likeness (QED) is 0.704. The van der Waals surface area contributed by atoms with E-state index in [0.717, 1.165) is 0 Å². The van der Waals surface area contributed by atoms with E-state index in [-0.39, 0.29) is 5.54 Å². The lowest BCUT2D eigenvalue weighted by atomic mass is 10.0. The maximum Gasteiger partial charge on any atom is 0.0200 e. The van der Waals surface area contributed by atoms with Crippen molar-refractivity contribution in [3.05, 3.63) is 0 Å². The molecular formula is C11H24N2. The molecule has 0 radical (unpaired) electrons. The van der Waals surface area contributed by atoms with Gasteiger partial charge in [0.25, 0.3) is 0 Å². The predicted octanol–water partition coefficient (Wildman–Crippen LogP) is 1.86. The topological polar surface area (TPSA) is 15.3 Å². The number of hydrogen-bond donors (Lipinski definition) is 1. The molecule has 1 aliphatic rings. The second-order valence-corrected chi connectivity index (χ2v) is 5.13. The molecule has 1 rings (SSSR count). The van der Waals surface area contributed by atoms with Gasteiger partial charge in [-0.1, -0.05) is 6.92 Å². The molecule has 1 aliphatic heterocycles. The molecule has 0 aromatic heterocycles. The normalized spacial score (nSPS) is 26.3. The minimum Gasteiger partial charge on any atom is -0.308 e. The van der Waals surface area contributed by atoms with Gasteiger partial charge in [-0.15, -0.1) is 0 Å². The van der Waals surface area contributed by atoms with E-state index < -0.39 is 0 Å². The fourth-order valence-corrected chi connectivity index (χ4v) is 2.07. The molecule has 1 fully saturated rings. The summed E-state index contributed by atoms with van der Waals surface area (Å²) in [5, 5.41) is 3.68. The lowest BCUT2D eigenvalue weighted by molar-refractivity contribution is 0.179. The first-order chi connectivity index (χ1) is 6.01. The van der Waals surface area contributed by atoms with Gasteiger partial charge < -0.3 is 10.2 Å². The summed E-state index contributed by atoms with van der Waals surface area (Å²) in [5.41, 5.74) is 0.265. The fraction of sp³-hybridized carbons (Fsp3) is 1.00. The molecule has 0 amide bonds. The molecule has 1 heterocycles. The lowest BCUT2D eigenvalue weighted by Crippen LogP contribution is -2.51. The molecule has 0 aliphatic carbocycles. The predicted molar refractivity (Wildman–Crippen MR) is 58.0 cm³/mol. The van der Waals surface area contributed by atoms with Crippen molar-refractivity contribution in [3.63, 3.8) is 0 Å². The van der Waals surface area contributed by atoms with Crippen LogP contribution < -0.4 is 5.32 Å². The molecular weight excluding hydrogens is 160 g/mol. The molecule has 1 N–H and O–H groups in total. The Morgan fingerprint density at radius 2 is 2.08 bits per heavy atom. The summed E-state index contributed by atoms with van der Waals surface area (Å²) in [6.07, 6.45) is 2.69. The van der Waals surface area contributed by atoms with E-state index in [2.05, 4.69) is 37.9 Å². The molecule has 0 saturated carbocycles. The summed E-state index contributed by atoms with van der Waals surface area (Å²) in [6.45, 7) is 12.7. The van der Waals surface area contributed by atoms with Crippen LogP contribution in [-0.4, -0.2) is 36.1 Å². The Morgan fingerprint density at radius 3 is 2.62 bits per heavy atom. The summed E-state index contributed by atoms with van der Waals surface area (Å²) in [6, 6.07) is 0.702. The second-order valence-electron chi connectivity index (χ2n) is 5.13. The van der Waals surface area contributed by atoms with E-state index in [0.29, 0.717) is 6.04 Å². The van der Waals surface area contributed by atoms with Gasteiger partial charge in [0.05, 0.1) is 0 Å². The highest BCUT2D eigenvalue weighted by atomic mass is 15.2. The summed E-state index contributed by atoms with van der Waals surface area (Å²) in [7, 11) is 0. The maximum atomic E-state index is 3.68. The molecule has 1 atom stereocenters. The Morgan fingerprint density at radius 1 is 1.38 bits per heavy atom. The third-order valence-corrected chi connectivity index (χ3v) is 2.59. The van der Waals surface area contributed by atoms with Gasteiger partial charge in [0.15, 0.2) is 0 Å². The number of nitrogens with one attached hydrogen (secondary N) is 1. The summed E-state index contributed by atoms with van der Waals surface area (Å²) in [4.78, 5) is 2.53. The first-order valence-electron chi connectivity index (χ1n) is 5.51. The smallest absolute Gasteiger partial charge is 0.0200 e. The number of piperidine rings is 1. The van der Waals surface area contributed by atoms with Crippen molar-refractivity contribution in [3.8, 4) is 0 Å². The Kier molecular flexibility index (Phi) is 3.74. The molecule has 13 heavy (non-hydrogen) atoms. The van der Waals surface area contributed by atoms with Crippen LogP contribution in [0, 0.1) is 0 Å². The molecule has 0 aromatic rings. The number of nitrogens with zero attached hydrogens (tertiary/aromatic N) is 1. The van der Waals surface area contributed by atoms with Gasteiger partial charge in [-0.3, -0.25) is 0 Å². The van der Waals surface area contributed by atoms with E-state index >= 15 is 0 Å². The second kappa shape index (κ2) is 4.43. The Balaban J connectivity index is 2.34. The highest BCUT2D eigenvalue weighted by Gasteiger charge is 2.22. The van der Waals surface area contributed by atoms with E-state index in [4.69, 9.17) is 0 Å². The minimum absolute atomic E-state index is 0.265. The Bertz CT molecular complexity index is 149. The summed E-state index contributed by atoms with van der Waals surface area (Å²) in [5.74, 6) is 0. The first-order valence-corrected chi connectivity index (χ1v) is 5.51. The lowest BCUT2D eigenvalue weighted by Gasteiger charge is -2.36. The van der Waals surface area contributed by atoms with Gasteiger partial charge in [0.1, 0.15) is 0 Å². The largest absolute Gasteiger partial charge is 0.308 e. The zero-order chi connectivity index (χ0) is 9.90. The standard InChI is InChI=1S/C11H24N2/c1-5-13-8-6-7-10(9-13)12-11(2,3)4/h10,12H,5-9H2,1-4H3. The van der Waals surface area contributed by atoms with Crippen LogP contribution in [0.1, 0.15) is 40.5 Å². The van der Waals surface area contributed by atoms with Gasteiger partial charge in [0, 0.05) is 18.1 Å².